The molecule has 0 radical (unpaired) electrons. The highest BCUT2D eigenvalue weighted by Gasteiger charge is 2.00. The third-order valence-electron chi connectivity index (χ3n) is 2.79. The maximum absolute atomic E-state index is 5.87. The van der Waals surface area contributed by atoms with Gasteiger partial charge in [0.1, 0.15) is 11.0 Å². The molecule has 0 saturated carbocycles. The maximum atomic E-state index is 5.87. The Morgan fingerprint density at radius 1 is 0.947 bits per heavy atom. The molecule has 94 valence electrons. The lowest BCUT2D eigenvalue weighted by molar-refractivity contribution is 1.31. The van der Waals surface area contributed by atoms with Gasteiger partial charge in [0.2, 0.25) is 0 Å². The highest BCUT2D eigenvalue weighted by atomic mass is 79.9. The largest absolute Gasteiger partial charge is 0.340 e. The molecular weight excluding hydrogens is 324 g/mol. The fourth-order valence-corrected chi connectivity index (χ4v) is 2.46. The number of hydrogen-bond donors (Lipinski definition) is 1. The van der Waals surface area contributed by atoms with Crippen LogP contribution in [0.4, 0.5) is 11.5 Å². The van der Waals surface area contributed by atoms with Crippen molar-refractivity contribution in [2.75, 3.05) is 5.32 Å². The van der Waals surface area contributed by atoms with Crippen LogP contribution >= 0.6 is 27.5 Å². The van der Waals surface area contributed by atoms with Gasteiger partial charge in [-0.15, -0.1) is 0 Å². The van der Waals surface area contributed by atoms with Crippen molar-refractivity contribution in [3.63, 3.8) is 0 Å². The first-order valence-corrected chi connectivity index (χ1v) is 6.97. The zero-order valence-electron chi connectivity index (χ0n) is 9.90. The molecule has 0 spiro atoms. The Labute approximate surface area is 124 Å². The second-order valence-electron chi connectivity index (χ2n) is 4.18. The molecule has 1 N–H and O–H groups in total. The number of nitrogens with zero attached hydrogens (tertiary/aromatic N) is 1. The van der Waals surface area contributed by atoms with Gasteiger partial charge in [-0.2, -0.15) is 0 Å². The van der Waals surface area contributed by atoms with E-state index < -0.39 is 0 Å². The Morgan fingerprint density at radius 3 is 2.58 bits per heavy atom. The molecule has 0 bridgehead atoms. The summed E-state index contributed by atoms with van der Waals surface area (Å²) in [6, 6.07) is 17.9. The van der Waals surface area contributed by atoms with Gasteiger partial charge in [0, 0.05) is 10.2 Å². The van der Waals surface area contributed by atoms with E-state index in [4.69, 9.17) is 11.6 Å². The van der Waals surface area contributed by atoms with Crippen LogP contribution in [0, 0.1) is 0 Å². The van der Waals surface area contributed by atoms with Crippen molar-refractivity contribution in [2.45, 2.75) is 0 Å². The molecule has 0 aliphatic heterocycles. The number of halogens is 2. The van der Waals surface area contributed by atoms with Crippen LogP contribution in [0.1, 0.15) is 0 Å². The van der Waals surface area contributed by atoms with Gasteiger partial charge < -0.3 is 5.32 Å². The molecule has 0 fully saturated rings. The van der Waals surface area contributed by atoms with Crippen LogP contribution in [0.3, 0.4) is 0 Å². The lowest BCUT2D eigenvalue weighted by Gasteiger charge is -2.07. The number of nitrogens with one attached hydrogen (secondary N) is 1. The quantitative estimate of drug-likeness (QED) is 0.636. The highest BCUT2D eigenvalue weighted by Crippen LogP contribution is 2.24. The van der Waals surface area contributed by atoms with Crippen molar-refractivity contribution in [1.82, 2.24) is 4.98 Å². The lowest BCUT2D eigenvalue weighted by Crippen LogP contribution is -1.93. The Bertz CT molecular complexity index is 743. The van der Waals surface area contributed by atoms with Crippen molar-refractivity contribution in [3.05, 3.63) is 64.2 Å². The topological polar surface area (TPSA) is 24.9 Å². The van der Waals surface area contributed by atoms with Crippen molar-refractivity contribution in [3.8, 4) is 0 Å². The summed E-state index contributed by atoms with van der Waals surface area (Å²) in [5, 5.41) is 6.10. The number of benzene rings is 2. The van der Waals surface area contributed by atoms with Gasteiger partial charge in [-0.3, -0.25) is 0 Å². The van der Waals surface area contributed by atoms with Crippen molar-refractivity contribution < 1.29 is 0 Å². The molecule has 2 aromatic carbocycles. The summed E-state index contributed by atoms with van der Waals surface area (Å²) in [5.74, 6) is 0.740. The van der Waals surface area contributed by atoms with Gasteiger partial charge in [0.05, 0.1) is 0 Å². The summed E-state index contributed by atoms with van der Waals surface area (Å²) in [6.07, 6.45) is 0. The van der Waals surface area contributed by atoms with Crippen LogP contribution in [0.25, 0.3) is 10.8 Å². The van der Waals surface area contributed by atoms with Crippen LogP contribution in [-0.4, -0.2) is 4.98 Å². The molecule has 3 rings (SSSR count). The van der Waals surface area contributed by atoms with E-state index in [0.717, 1.165) is 16.0 Å². The first-order valence-electron chi connectivity index (χ1n) is 5.80. The summed E-state index contributed by atoms with van der Waals surface area (Å²) in [6.45, 7) is 0. The van der Waals surface area contributed by atoms with Gasteiger partial charge >= 0.3 is 0 Å². The molecule has 0 atom stereocenters. The first kappa shape index (κ1) is 12.5. The average molecular weight is 334 g/mol. The van der Waals surface area contributed by atoms with Gasteiger partial charge in [0.15, 0.2) is 0 Å². The van der Waals surface area contributed by atoms with E-state index in [-0.39, 0.29) is 0 Å². The smallest absolute Gasteiger partial charge is 0.132 e. The van der Waals surface area contributed by atoms with Gasteiger partial charge in [-0.1, -0.05) is 45.7 Å². The minimum atomic E-state index is 0.481. The maximum Gasteiger partial charge on any atom is 0.132 e. The molecule has 0 unspecified atom stereocenters. The van der Waals surface area contributed by atoms with Crippen molar-refractivity contribution in [2.24, 2.45) is 0 Å². The predicted octanol–water partition coefficient (Wildman–Crippen LogP) is 5.39. The van der Waals surface area contributed by atoms with Crippen LogP contribution in [0.15, 0.2) is 59.1 Å². The summed E-state index contributed by atoms with van der Waals surface area (Å²) in [7, 11) is 0. The number of anilines is 2. The van der Waals surface area contributed by atoms with Crippen LogP contribution in [0.2, 0.25) is 5.15 Å². The van der Waals surface area contributed by atoms with Crippen LogP contribution in [-0.2, 0) is 0 Å². The monoisotopic (exact) mass is 332 g/mol. The number of rotatable bonds is 2. The molecule has 0 amide bonds. The number of pyridine rings is 1. The summed E-state index contributed by atoms with van der Waals surface area (Å²) < 4.78 is 1.08. The van der Waals surface area contributed by atoms with E-state index in [0.29, 0.717) is 5.15 Å². The summed E-state index contributed by atoms with van der Waals surface area (Å²) >= 11 is 9.34. The molecule has 1 heterocycles. The number of aromatic nitrogens is 1. The number of hydrogen-bond acceptors (Lipinski definition) is 2. The zero-order chi connectivity index (χ0) is 13.2. The minimum Gasteiger partial charge on any atom is -0.340 e. The second kappa shape index (κ2) is 5.19. The fourth-order valence-electron chi connectivity index (χ4n) is 1.92. The van der Waals surface area contributed by atoms with E-state index in [2.05, 4.69) is 50.5 Å². The Morgan fingerprint density at radius 2 is 1.74 bits per heavy atom. The third-order valence-corrected chi connectivity index (χ3v) is 3.49. The van der Waals surface area contributed by atoms with Crippen LogP contribution in [0.5, 0.6) is 0 Å². The standard InChI is InChI=1S/C15H10BrClN2/c16-12-6-4-11-9-13(7-5-10(11)8-12)18-15-3-1-2-14(17)19-15/h1-9H,(H,18,19). The predicted molar refractivity (Wildman–Crippen MR) is 84.2 cm³/mol. The normalized spacial score (nSPS) is 10.6. The molecule has 3 aromatic rings. The van der Waals surface area contributed by atoms with E-state index in [1.165, 1.54) is 10.8 Å². The van der Waals surface area contributed by atoms with E-state index in [1.807, 2.05) is 24.3 Å². The van der Waals surface area contributed by atoms with Crippen LogP contribution < -0.4 is 5.32 Å². The molecule has 1 aromatic heterocycles. The summed E-state index contributed by atoms with van der Waals surface area (Å²) in [5.41, 5.74) is 0.990. The van der Waals surface area contributed by atoms with E-state index in [9.17, 15) is 0 Å². The van der Waals surface area contributed by atoms with Crippen molar-refractivity contribution in [1.29, 1.82) is 0 Å². The second-order valence-corrected chi connectivity index (χ2v) is 5.48. The Hall–Kier alpha value is -1.58. The Balaban J connectivity index is 1.95. The van der Waals surface area contributed by atoms with E-state index in [1.54, 1.807) is 6.07 Å². The minimum absolute atomic E-state index is 0.481. The van der Waals surface area contributed by atoms with E-state index >= 15 is 0 Å². The van der Waals surface area contributed by atoms with Gasteiger partial charge in [-0.25, -0.2) is 4.98 Å². The van der Waals surface area contributed by atoms with Gasteiger partial charge in [0.25, 0.3) is 0 Å². The first-order chi connectivity index (χ1) is 9.20. The number of fused-ring (bicyclic) bond motifs is 1. The zero-order valence-corrected chi connectivity index (χ0v) is 12.2. The highest BCUT2D eigenvalue weighted by molar-refractivity contribution is 9.10. The fraction of sp³-hybridized carbons (Fsp3) is 0. The summed E-state index contributed by atoms with van der Waals surface area (Å²) in [4.78, 5) is 4.21. The molecule has 0 aliphatic rings. The lowest BCUT2D eigenvalue weighted by atomic mass is 10.1. The SMILES string of the molecule is Clc1cccc(Nc2ccc3cc(Br)ccc3c2)n1. The molecule has 2 nitrogen and oxygen atoms in total. The molecule has 0 saturated heterocycles. The molecule has 19 heavy (non-hydrogen) atoms. The third kappa shape index (κ3) is 2.88. The molecule has 0 aliphatic carbocycles. The van der Waals surface area contributed by atoms with Gasteiger partial charge in [-0.05, 0) is 47.2 Å². The van der Waals surface area contributed by atoms with Crippen molar-refractivity contribution >= 4 is 49.8 Å². The molecular formula is C15H10BrClN2. The Kier molecular flexibility index (Phi) is 3.40. The molecule has 4 heteroatoms. The average Bonchev–Trinajstić information content (AvgIpc) is 2.39.